The Morgan fingerprint density at radius 1 is 1.05 bits per heavy atom. The van der Waals surface area contributed by atoms with Gasteiger partial charge in [0.2, 0.25) is 6.30 Å². The molecule has 0 amide bonds. The standard InChI is InChI=1S/C16H15FN4/c17-15-14(11-12-7-3-1-4-8-12)16(19-18)20-21(15)13-9-5-2-6-10-13/h1-11,15H,18H2,(H,19,20). The molecular weight excluding hydrogens is 267 g/mol. The summed E-state index contributed by atoms with van der Waals surface area (Å²) < 4.78 is 14.7. The molecule has 21 heavy (non-hydrogen) atoms. The summed E-state index contributed by atoms with van der Waals surface area (Å²) >= 11 is 0. The van der Waals surface area contributed by atoms with E-state index in [1.54, 1.807) is 18.2 Å². The first kappa shape index (κ1) is 13.3. The molecule has 1 atom stereocenters. The number of anilines is 1. The molecule has 0 saturated carbocycles. The zero-order chi connectivity index (χ0) is 14.7. The van der Waals surface area contributed by atoms with Crippen molar-refractivity contribution >= 4 is 17.6 Å². The van der Waals surface area contributed by atoms with E-state index >= 15 is 0 Å². The highest BCUT2D eigenvalue weighted by molar-refractivity contribution is 6.05. The Hall–Kier alpha value is -2.66. The van der Waals surface area contributed by atoms with Crippen molar-refractivity contribution in [2.75, 3.05) is 5.01 Å². The predicted octanol–water partition coefficient (Wildman–Crippen LogP) is 2.66. The van der Waals surface area contributed by atoms with E-state index in [0.29, 0.717) is 17.1 Å². The second-order valence-electron chi connectivity index (χ2n) is 4.62. The van der Waals surface area contributed by atoms with Crippen LogP contribution in [-0.4, -0.2) is 12.1 Å². The molecule has 1 unspecified atom stereocenters. The Morgan fingerprint density at radius 2 is 1.67 bits per heavy atom. The van der Waals surface area contributed by atoms with E-state index in [1.165, 1.54) is 5.01 Å². The van der Waals surface area contributed by atoms with Gasteiger partial charge in [-0.2, -0.15) is 5.10 Å². The third kappa shape index (κ3) is 2.64. The normalized spacial score (nSPS) is 19.7. The summed E-state index contributed by atoms with van der Waals surface area (Å²) in [6.45, 7) is 0. The number of para-hydroxylation sites is 1. The van der Waals surface area contributed by atoms with Crippen molar-refractivity contribution in [1.82, 2.24) is 5.43 Å². The molecule has 3 N–H and O–H groups in total. The van der Waals surface area contributed by atoms with Crippen LogP contribution in [-0.2, 0) is 0 Å². The number of hydrogen-bond donors (Lipinski definition) is 2. The van der Waals surface area contributed by atoms with Crippen LogP contribution in [0.25, 0.3) is 6.08 Å². The number of hydrazine groups is 1. The molecule has 1 aliphatic rings. The third-order valence-corrected chi connectivity index (χ3v) is 3.23. The molecule has 0 aromatic heterocycles. The van der Waals surface area contributed by atoms with E-state index in [4.69, 9.17) is 5.84 Å². The van der Waals surface area contributed by atoms with Crippen molar-refractivity contribution in [3.8, 4) is 0 Å². The fraction of sp³-hybridized carbons (Fsp3) is 0.0625. The highest BCUT2D eigenvalue weighted by Crippen LogP contribution is 2.29. The van der Waals surface area contributed by atoms with Gasteiger partial charge in [-0.15, -0.1) is 0 Å². The minimum absolute atomic E-state index is 0.329. The Bertz CT molecular complexity index is 667. The first-order chi connectivity index (χ1) is 10.3. The van der Waals surface area contributed by atoms with Gasteiger partial charge in [0.1, 0.15) is 0 Å². The summed E-state index contributed by atoms with van der Waals surface area (Å²) in [5.74, 6) is 5.79. The number of rotatable bonds is 2. The molecule has 2 aromatic carbocycles. The summed E-state index contributed by atoms with van der Waals surface area (Å²) in [6.07, 6.45) is 0.366. The molecule has 0 saturated heterocycles. The van der Waals surface area contributed by atoms with Crippen molar-refractivity contribution < 1.29 is 4.39 Å². The van der Waals surface area contributed by atoms with Crippen LogP contribution in [0.2, 0.25) is 0 Å². The van der Waals surface area contributed by atoms with Gasteiger partial charge in [-0.25, -0.2) is 15.2 Å². The van der Waals surface area contributed by atoms with Crippen molar-refractivity contribution in [2.45, 2.75) is 6.30 Å². The number of amidine groups is 1. The maximum absolute atomic E-state index is 14.7. The number of alkyl halides is 1. The van der Waals surface area contributed by atoms with E-state index in [9.17, 15) is 4.39 Å². The minimum Gasteiger partial charge on any atom is -0.307 e. The molecule has 0 radical (unpaired) electrons. The average molecular weight is 282 g/mol. The quantitative estimate of drug-likeness (QED) is 0.506. The van der Waals surface area contributed by atoms with Crippen LogP contribution in [0.3, 0.4) is 0 Å². The lowest BCUT2D eigenvalue weighted by molar-refractivity contribution is 0.389. The molecule has 5 heteroatoms. The van der Waals surface area contributed by atoms with Crippen LogP contribution in [0.5, 0.6) is 0 Å². The number of nitrogens with two attached hydrogens (primary N) is 1. The lowest BCUT2D eigenvalue weighted by Crippen LogP contribution is -2.31. The second kappa shape index (κ2) is 5.76. The van der Waals surface area contributed by atoms with Gasteiger partial charge in [0.05, 0.1) is 11.3 Å². The van der Waals surface area contributed by atoms with Gasteiger partial charge in [0.25, 0.3) is 0 Å². The topological polar surface area (TPSA) is 53.6 Å². The van der Waals surface area contributed by atoms with Gasteiger partial charge in [0.15, 0.2) is 5.84 Å². The van der Waals surface area contributed by atoms with Crippen LogP contribution in [0.1, 0.15) is 5.56 Å². The monoisotopic (exact) mass is 282 g/mol. The summed E-state index contributed by atoms with van der Waals surface area (Å²) in [6, 6.07) is 18.7. The summed E-state index contributed by atoms with van der Waals surface area (Å²) in [4.78, 5) is 0. The predicted molar refractivity (Wildman–Crippen MR) is 83.0 cm³/mol. The zero-order valence-corrected chi connectivity index (χ0v) is 11.3. The average Bonchev–Trinajstić information content (AvgIpc) is 2.86. The van der Waals surface area contributed by atoms with E-state index in [0.717, 1.165) is 5.56 Å². The largest absolute Gasteiger partial charge is 0.307 e. The molecule has 3 rings (SSSR count). The smallest absolute Gasteiger partial charge is 0.221 e. The molecule has 2 aromatic rings. The molecule has 0 aliphatic carbocycles. The highest BCUT2D eigenvalue weighted by Gasteiger charge is 2.32. The Morgan fingerprint density at radius 3 is 2.29 bits per heavy atom. The fourth-order valence-electron chi connectivity index (χ4n) is 2.21. The van der Waals surface area contributed by atoms with E-state index in [-0.39, 0.29) is 0 Å². The van der Waals surface area contributed by atoms with Crippen molar-refractivity contribution in [3.05, 3.63) is 71.8 Å². The summed E-state index contributed by atoms with van der Waals surface area (Å²) in [5, 5.41) is 5.52. The fourth-order valence-corrected chi connectivity index (χ4v) is 2.21. The van der Waals surface area contributed by atoms with Crippen LogP contribution < -0.4 is 16.3 Å². The third-order valence-electron chi connectivity index (χ3n) is 3.23. The molecule has 1 aliphatic heterocycles. The molecule has 0 fully saturated rings. The van der Waals surface area contributed by atoms with Crippen LogP contribution in [0, 0.1) is 0 Å². The maximum atomic E-state index is 14.7. The molecule has 1 heterocycles. The van der Waals surface area contributed by atoms with Crippen LogP contribution >= 0.6 is 0 Å². The Labute approximate surface area is 122 Å². The minimum atomic E-state index is -1.38. The van der Waals surface area contributed by atoms with Gasteiger partial charge < -0.3 is 5.43 Å². The Kier molecular flexibility index (Phi) is 3.66. The molecule has 106 valence electrons. The van der Waals surface area contributed by atoms with Gasteiger partial charge >= 0.3 is 0 Å². The van der Waals surface area contributed by atoms with Crippen molar-refractivity contribution in [3.63, 3.8) is 0 Å². The van der Waals surface area contributed by atoms with Crippen LogP contribution in [0.4, 0.5) is 10.1 Å². The highest BCUT2D eigenvalue weighted by atomic mass is 19.1. The van der Waals surface area contributed by atoms with Crippen LogP contribution in [0.15, 0.2) is 71.3 Å². The van der Waals surface area contributed by atoms with E-state index in [1.807, 2.05) is 48.5 Å². The number of halogens is 1. The SMILES string of the molecule is NNC1=NN(c2ccccc2)C(F)C1=Cc1ccccc1. The maximum Gasteiger partial charge on any atom is 0.221 e. The first-order valence-electron chi connectivity index (χ1n) is 6.60. The molecule has 0 spiro atoms. The number of nitrogens with zero attached hydrogens (tertiary/aromatic N) is 2. The number of hydrogen-bond acceptors (Lipinski definition) is 4. The molecule has 4 nitrogen and oxygen atoms in total. The number of benzene rings is 2. The second-order valence-corrected chi connectivity index (χ2v) is 4.62. The number of nitrogens with one attached hydrogen (secondary N) is 1. The summed E-state index contributed by atoms with van der Waals surface area (Å²) in [5.41, 5.74) is 4.45. The van der Waals surface area contributed by atoms with E-state index < -0.39 is 6.30 Å². The first-order valence-corrected chi connectivity index (χ1v) is 6.60. The number of hydrazone groups is 1. The molecular formula is C16H15FN4. The molecule has 0 bridgehead atoms. The van der Waals surface area contributed by atoms with E-state index in [2.05, 4.69) is 10.5 Å². The lowest BCUT2D eigenvalue weighted by atomic mass is 10.1. The van der Waals surface area contributed by atoms with Crippen molar-refractivity contribution in [2.24, 2.45) is 10.9 Å². The van der Waals surface area contributed by atoms with Gasteiger partial charge in [0, 0.05) is 0 Å². The zero-order valence-electron chi connectivity index (χ0n) is 11.3. The lowest BCUT2D eigenvalue weighted by Gasteiger charge is -2.17. The van der Waals surface area contributed by atoms with Crippen molar-refractivity contribution in [1.29, 1.82) is 0 Å². The van der Waals surface area contributed by atoms with Gasteiger partial charge in [-0.3, -0.25) is 0 Å². The van der Waals surface area contributed by atoms with Gasteiger partial charge in [-0.1, -0.05) is 48.5 Å². The summed E-state index contributed by atoms with van der Waals surface area (Å²) in [7, 11) is 0. The Balaban J connectivity index is 1.97. The van der Waals surface area contributed by atoms with Gasteiger partial charge in [-0.05, 0) is 23.8 Å².